The van der Waals surface area contributed by atoms with Gasteiger partial charge in [0, 0.05) is 27.3 Å². The van der Waals surface area contributed by atoms with Gasteiger partial charge in [-0.2, -0.15) is 0 Å². The summed E-state index contributed by atoms with van der Waals surface area (Å²) in [5.41, 5.74) is 0. The Morgan fingerprint density at radius 1 is 1.12 bits per heavy atom. The maximum atomic E-state index is 8.88. The molecule has 0 aromatic heterocycles. The van der Waals surface area contributed by atoms with Crippen LogP contribution in [0.1, 0.15) is 0 Å². The van der Waals surface area contributed by atoms with E-state index in [0.29, 0.717) is 0 Å². The average molecular weight is 462 g/mol. The van der Waals surface area contributed by atoms with Crippen LogP contribution in [0.2, 0.25) is 0 Å². The van der Waals surface area contributed by atoms with Crippen molar-refractivity contribution in [3.05, 3.63) is 0 Å². The molecule has 0 amide bonds. The monoisotopic (exact) mass is 464 g/mol. The van der Waals surface area contributed by atoms with Crippen molar-refractivity contribution in [3.63, 3.8) is 0 Å². The van der Waals surface area contributed by atoms with Gasteiger partial charge in [-0.3, -0.25) is 0 Å². The molecule has 0 spiro atoms. The van der Waals surface area contributed by atoms with Crippen molar-refractivity contribution in [2.75, 3.05) is 0 Å². The van der Waals surface area contributed by atoms with Gasteiger partial charge in [0.15, 0.2) is 0 Å². The van der Waals surface area contributed by atoms with E-state index in [1.165, 1.54) is 0 Å². The van der Waals surface area contributed by atoms with Crippen LogP contribution in [0.3, 0.4) is 0 Å². The van der Waals surface area contributed by atoms with E-state index in [-0.39, 0.29) is 92.3 Å². The topological polar surface area (TPSA) is 77.8 Å². The molecule has 3 N–H and O–H groups in total. The molecule has 0 unspecified atom stereocenters. The van der Waals surface area contributed by atoms with Crippen LogP contribution in [0.4, 0.5) is 0 Å². The van der Waals surface area contributed by atoms with E-state index in [1.807, 2.05) is 0 Å². The van der Waals surface area contributed by atoms with Gasteiger partial charge >= 0.3 is 72.9 Å². The van der Waals surface area contributed by atoms with Crippen molar-refractivity contribution >= 4 is 72.9 Å². The standard InChI is InChI=1S/Ca.Cd.H3O4P.Pb.4H/c;;1-5(2,3)4;;;;;/h;;(H3,1,2,3,4);;;;;. The summed E-state index contributed by atoms with van der Waals surface area (Å²) >= 11 is 0. The second-order valence-corrected chi connectivity index (χ2v) is 1.54. The van der Waals surface area contributed by atoms with Crippen LogP contribution in [0.25, 0.3) is 0 Å². The molecule has 0 saturated carbocycles. The van der Waals surface area contributed by atoms with E-state index < -0.39 is 7.82 Å². The Hall–Kier alpha value is 3.21. The number of rotatable bonds is 0. The van der Waals surface area contributed by atoms with E-state index >= 15 is 0 Å². The van der Waals surface area contributed by atoms with Crippen molar-refractivity contribution in [2.24, 2.45) is 0 Å². The summed E-state index contributed by atoms with van der Waals surface area (Å²) in [4.78, 5) is 21.6. The molecule has 2 radical (unpaired) electrons. The average Bonchev–Trinajstić information content (AvgIpc) is 0.722. The molecule has 0 aliphatic rings. The van der Waals surface area contributed by atoms with Crippen molar-refractivity contribution in [1.82, 2.24) is 0 Å². The molecule has 0 saturated heterocycles. The molecule has 8 heteroatoms. The Bertz CT molecular complexity index is 62.2. The third kappa shape index (κ3) is 60.2. The zero-order valence-corrected chi connectivity index (χ0v) is 14.0. The van der Waals surface area contributed by atoms with E-state index in [2.05, 4.69) is 0 Å². The summed E-state index contributed by atoms with van der Waals surface area (Å²) in [5.74, 6) is 0. The minimum absolute atomic E-state index is 0. The molecule has 0 fully saturated rings. The van der Waals surface area contributed by atoms with Crippen LogP contribution in [-0.4, -0.2) is 79.7 Å². The van der Waals surface area contributed by atoms with Crippen LogP contribution in [0.5, 0.6) is 0 Å². The first-order chi connectivity index (χ1) is 2.00. The van der Waals surface area contributed by atoms with Crippen molar-refractivity contribution in [3.8, 4) is 0 Å². The minimum atomic E-state index is -4.64. The Morgan fingerprint density at radius 2 is 1.12 bits per heavy atom. The molecule has 4 nitrogen and oxygen atoms in total. The van der Waals surface area contributed by atoms with Gasteiger partial charge in [-0.1, -0.05) is 0 Å². The Morgan fingerprint density at radius 3 is 1.12 bits per heavy atom. The molecular formula is H7CaCdO4PPb. The molecule has 8 heavy (non-hydrogen) atoms. The van der Waals surface area contributed by atoms with Gasteiger partial charge in [0.25, 0.3) is 0 Å². The van der Waals surface area contributed by atoms with Gasteiger partial charge in [-0.05, 0) is 0 Å². The van der Waals surface area contributed by atoms with Crippen LogP contribution < -0.4 is 0 Å². The van der Waals surface area contributed by atoms with E-state index in [1.54, 1.807) is 0 Å². The fourth-order valence-corrected chi connectivity index (χ4v) is 0. The van der Waals surface area contributed by atoms with Crippen LogP contribution in [0.15, 0.2) is 0 Å². The fraction of sp³-hybridized carbons (Fsp3) is 0. The third-order valence-corrected chi connectivity index (χ3v) is 0. The molecule has 0 atom stereocenters. The normalized spacial score (nSPS) is 7.38. The predicted octanol–water partition coefficient (Wildman–Crippen LogP) is -2.76. The van der Waals surface area contributed by atoms with Gasteiger partial charge < -0.3 is 14.7 Å². The van der Waals surface area contributed by atoms with Crippen LogP contribution in [0, 0.1) is 0 Å². The van der Waals surface area contributed by atoms with Crippen LogP contribution in [-0.2, 0) is 31.9 Å². The maximum absolute atomic E-state index is 8.88. The second-order valence-electron chi connectivity index (χ2n) is 0.513. The third-order valence-electron chi connectivity index (χ3n) is 0. The van der Waals surface area contributed by atoms with Gasteiger partial charge in [-0.15, -0.1) is 0 Å². The summed E-state index contributed by atoms with van der Waals surface area (Å²) in [6.45, 7) is 0. The van der Waals surface area contributed by atoms with Gasteiger partial charge in [0.05, 0.1) is 0 Å². The molecule has 0 bridgehead atoms. The molecule has 0 aromatic carbocycles. The first-order valence-electron chi connectivity index (χ1n) is 0.783. The van der Waals surface area contributed by atoms with Gasteiger partial charge in [0.1, 0.15) is 0 Å². The molecule has 0 aliphatic heterocycles. The van der Waals surface area contributed by atoms with E-state index in [4.69, 9.17) is 19.2 Å². The quantitative estimate of drug-likeness (QED) is 0.270. The Balaban J connectivity index is -0.0000000267. The first kappa shape index (κ1) is 22.5. The number of hydrogen-bond donors (Lipinski definition) is 3. The second kappa shape index (κ2) is 10.2. The molecule has 0 rings (SSSR count). The Labute approximate surface area is 117 Å². The number of phosphoric acid groups is 1. The summed E-state index contributed by atoms with van der Waals surface area (Å²) < 4.78 is 8.88. The van der Waals surface area contributed by atoms with Crippen molar-refractivity contribution in [1.29, 1.82) is 0 Å². The summed E-state index contributed by atoms with van der Waals surface area (Å²) in [6, 6.07) is 0. The van der Waals surface area contributed by atoms with Gasteiger partial charge in [0.2, 0.25) is 0 Å². The van der Waals surface area contributed by atoms with Crippen molar-refractivity contribution < 1.29 is 46.5 Å². The SMILES string of the molecule is O=P(O)(O)O.[CaH2].[Cd].[PbH2]. The molecule has 0 aliphatic carbocycles. The molecular weight excluding hydrogens is 455 g/mol. The molecule has 44 valence electrons. The van der Waals surface area contributed by atoms with E-state index in [0.717, 1.165) is 0 Å². The zero-order valence-electron chi connectivity index (χ0n) is 3.61. The van der Waals surface area contributed by atoms with Crippen LogP contribution >= 0.6 is 7.82 Å². The summed E-state index contributed by atoms with van der Waals surface area (Å²) in [6.07, 6.45) is 0. The van der Waals surface area contributed by atoms with Crippen molar-refractivity contribution in [2.45, 2.75) is 0 Å². The number of hydrogen-bond acceptors (Lipinski definition) is 1. The first-order valence-corrected chi connectivity index (χ1v) is 2.35. The molecule has 0 aromatic rings. The zero-order chi connectivity index (χ0) is 4.50. The molecule has 0 heterocycles. The van der Waals surface area contributed by atoms with Gasteiger partial charge in [-0.25, -0.2) is 4.57 Å². The summed E-state index contributed by atoms with van der Waals surface area (Å²) in [7, 11) is -4.64. The fourth-order valence-electron chi connectivity index (χ4n) is 0. The predicted molar refractivity (Wildman–Crippen MR) is 31.4 cm³/mol. The summed E-state index contributed by atoms with van der Waals surface area (Å²) in [5, 5.41) is 0. The Kier molecular flexibility index (Phi) is 28.7. The van der Waals surface area contributed by atoms with E-state index in [9.17, 15) is 0 Å².